The molecule has 90 valence electrons. The van der Waals surface area contributed by atoms with Crippen LogP contribution in [-0.4, -0.2) is 22.9 Å². The quantitative estimate of drug-likeness (QED) is 0.859. The van der Waals surface area contributed by atoms with E-state index in [2.05, 4.69) is 14.1 Å². The minimum absolute atomic E-state index is 0.0395. The molecule has 8 heteroatoms. The number of hydrogen-bond acceptors (Lipinski definition) is 6. The number of sulfonamides is 1. The molecule has 0 aliphatic rings. The molecule has 0 saturated carbocycles. The first-order chi connectivity index (χ1) is 8.13. The molecule has 0 fully saturated rings. The van der Waals surface area contributed by atoms with Gasteiger partial charge in [-0.05, 0) is 11.6 Å². The molecule has 1 heterocycles. The highest BCUT2D eigenvalue weighted by molar-refractivity contribution is 7.93. The van der Waals surface area contributed by atoms with Gasteiger partial charge in [0.1, 0.15) is 6.33 Å². The van der Waals surface area contributed by atoms with Crippen LogP contribution in [0.25, 0.3) is 0 Å². The molecule has 0 bridgehead atoms. The molecular weight excluding hydrogens is 262 g/mol. The Morgan fingerprint density at radius 3 is 2.76 bits per heavy atom. The van der Waals surface area contributed by atoms with Gasteiger partial charge in [0.25, 0.3) is 10.0 Å². The van der Waals surface area contributed by atoms with Crippen molar-refractivity contribution in [2.45, 2.75) is 11.5 Å². The Bertz CT molecular complexity index is 596. The van der Waals surface area contributed by atoms with Crippen LogP contribution in [0.4, 0.5) is 5.13 Å². The van der Waals surface area contributed by atoms with Crippen LogP contribution in [0.3, 0.4) is 0 Å². The van der Waals surface area contributed by atoms with E-state index in [4.69, 9.17) is 5.11 Å². The first-order valence-electron chi connectivity index (χ1n) is 4.62. The van der Waals surface area contributed by atoms with E-state index in [1.54, 1.807) is 18.2 Å². The van der Waals surface area contributed by atoms with Crippen LogP contribution in [0.15, 0.2) is 35.5 Å². The second-order valence-electron chi connectivity index (χ2n) is 3.12. The standard InChI is InChI=1S/C9H9N3O3S2/c13-5-7-3-1-2-4-8(7)17(14,15)12-9-10-6-11-16-9/h1-4,6,13H,5H2,(H,10,11,12). The fraction of sp³-hybridized carbons (Fsp3) is 0.111. The maximum atomic E-state index is 12.0. The van der Waals surface area contributed by atoms with Crippen molar-refractivity contribution in [3.05, 3.63) is 36.2 Å². The predicted octanol–water partition coefficient (Wildman–Crippen LogP) is 0.831. The zero-order chi connectivity index (χ0) is 12.3. The molecule has 2 aromatic rings. The Balaban J connectivity index is 2.38. The highest BCUT2D eigenvalue weighted by Gasteiger charge is 2.18. The highest BCUT2D eigenvalue weighted by atomic mass is 32.2. The first kappa shape index (κ1) is 12.0. The Morgan fingerprint density at radius 2 is 2.12 bits per heavy atom. The Kier molecular flexibility index (Phi) is 3.36. The van der Waals surface area contributed by atoms with Crippen LogP contribution in [0.1, 0.15) is 5.56 Å². The second-order valence-corrected chi connectivity index (χ2v) is 5.55. The van der Waals surface area contributed by atoms with Crippen LogP contribution in [0, 0.1) is 0 Å². The number of nitrogens with one attached hydrogen (secondary N) is 1. The zero-order valence-corrected chi connectivity index (χ0v) is 10.2. The number of benzene rings is 1. The summed E-state index contributed by atoms with van der Waals surface area (Å²) >= 11 is 0.944. The molecule has 2 rings (SSSR count). The summed E-state index contributed by atoms with van der Waals surface area (Å²) < 4.78 is 30.0. The lowest BCUT2D eigenvalue weighted by Gasteiger charge is -2.08. The third kappa shape index (κ3) is 2.60. The largest absolute Gasteiger partial charge is 0.392 e. The Labute approximate surface area is 102 Å². The topological polar surface area (TPSA) is 92.2 Å². The molecule has 0 aliphatic carbocycles. The number of anilines is 1. The summed E-state index contributed by atoms with van der Waals surface area (Å²) in [4.78, 5) is 3.78. The predicted molar refractivity (Wildman–Crippen MR) is 63.1 cm³/mol. The van der Waals surface area contributed by atoms with Crippen molar-refractivity contribution < 1.29 is 13.5 Å². The van der Waals surface area contributed by atoms with Crippen LogP contribution in [0.5, 0.6) is 0 Å². The van der Waals surface area contributed by atoms with E-state index in [9.17, 15) is 8.42 Å². The molecule has 1 aromatic carbocycles. The maximum Gasteiger partial charge on any atom is 0.264 e. The van der Waals surface area contributed by atoms with E-state index in [1.165, 1.54) is 12.4 Å². The Hall–Kier alpha value is -1.51. The lowest BCUT2D eigenvalue weighted by molar-refractivity contribution is 0.278. The summed E-state index contributed by atoms with van der Waals surface area (Å²) in [6.07, 6.45) is 1.26. The van der Waals surface area contributed by atoms with Gasteiger partial charge in [-0.3, -0.25) is 4.72 Å². The number of aromatic nitrogens is 2. The summed E-state index contributed by atoms with van der Waals surface area (Å²) in [6, 6.07) is 6.23. The van der Waals surface area contributed by atoms with E-state index < -0.39 is 10.0 Å². The lowest BCUT2D eigenvalue weighted by Crippen LogP contribution is -2.14. The van der Waals surface area contributed by atoms with Gasteiger partial charge in [-0.15, -0.1) is 0 Å². The van der Waals surface area contributed by atoms with Crippen LogP contribution >= 0.6 is 11.5 Å². The molecule has 0 aliphatic heterocycles. The zero-order valence-electron chi connectivity index (χ0n) is 8.57. The normalized spacial score (nSPS) is 11.4. The maximum absolute atomic E-state index is 12.0. The first-order valence-corrected chi connectivity index (χ1v) is 6.87. The van der Waals surface area contributed by atoms with Crippen molar-refractivity contribution in [2.75, 3.05) is 4.72 Å². The van der Waals surface area contributed by atoms with Crippen molar-refractivity contribution in [3.8, 4) is 0 Å². The van der Waals surface area contributed by atoms with Crippen molar-refractivity contribution in [3.63, 3.8) is 0 Å². The van der Waals surface area contributed by atoms with Crippen molar-refractivity contribution >= 4 is 26.7 Å². The van der Waals surface area contributed by atoms with Crippen LogP contribution < -0.4 is 4.72 Å². The molecule has 0 radical (unpaired) electrons. The van der Waals surface area contributed by atoms with Gasteiger partial charge < -0.3 is 5.11 Å². The fourth-order valence-electron chi connectivity index (χ4n) is 1.28. The SMILES string of the molecule is O=S(=O)(Nc1ncns1)c1ccccc1CO. The highest BCUT2D eigenvalue weighted by Crippen LogP contribution is 2.19. The number of nitrogens with zero attached hydrogens (tertiary/aromatic N) is 2. The summed E-state index contributed by atoms with van der Waals surface area (Å²) in [7, 11) is -3.73. The molecule has 0 saturated heterocycles. The number of aliphatic hydroxyl groups excluding tert-OH is 1. The molecule has 6 nitrogen and oxygen atoms in total. The molecule has 0 spiro atoms. The van der Waals surface area contributed by atoms with Crippen LogP contribution in [0.2, 0.25) is 0 Å². The molecule has 0 amide bonds. The summed E-state index contributed by atoms with van der Waals surface area (Å²) in [5.74, 6) is 0. The average molecular weight is 271 g/mol. The van der Waals surface area contributed by atoms with E-state index in [0.29, 0.717) is 5.56 Å². The minimum Gasteiger partial charge on any atom is -0.392 e. The van der Waals surface area contributed by atoms with Crippen molar-refractivity contribution in [1.82, 2.24) is 9.36 Å². The van der Waals surface area contributed by atoms with E-state index in [-0.39, 0.29) is 16.6 Å². The van der Waals surface area contributed by atoms with E-state index in [1.807, 2.05) is 0 Å². The molecule has 2 N–H and O–H groups in total. The number of hydrogen-bond donors (Lipinski definition) is 2. The van der Waals surface area contributed by atoms with Crippen molar-refractivity contribution in [1.29, 1.82) is 0 Å². The molecule has 0 atom stereocenters. The van der Waals surface area contributed by atoms with Gasteiger partial charge >= 0.3 is 0 Å². The third-order valence-corrected chi connectivity index (χ3v) is 4.16. The smallest absolute Gasteiger partial charge is 0.264 e. The molecular formula is C9H9N3O3S2. The van der Waals surface area contributed by atoms with Gasteiger partial charge in [0.15, 0.2) is 0 Å². The lowest BCUT2D eigenvalue weighted by atomic mass is 10.2. The number of rotatable bonds is 4. The second kappa shape index (κ2) is 4.78. The van der Waals surface area contributed by atoms with E-state index >= 15 is 0 Å². The average Bonchev–Trinajstić information content (AvgIpc) is 2.81. The summed E-state index contributed by atoms with van der Waals surface area (Å²) in [6.45, 7) is -0.340. The minimum atomic E-state index is -3.73. The van der Waals surface area contributed by atoms with E-state index in [0.717, 1.165) is 11.5 Å². The van der Waals surface area contributed by atoms with Gasteiger partial charge in [0, 0.05) is 11.5 Å². The van der Waals surface area contributed by atoms with Gasteiger partial charge in [0.05, 0.1) is 11.5 Å². The fourth-order valence-corrected chi connectivity index (χ4v) is 3.18. The van der Waals surface area contributed by atoms with Crippen LogP contribution in [-0.2, 0) is 16.6 Å². The van der Waals surface area contributed by atoms with Crippen molar-refractivity contribution in [2.24, 2.45) is 0 Å². The molecule has 1 aromatic heterocycles. The summed E-state index contributed by atoms with van der Waals surface area (Å²) in [5.41, 5.74) is 0.338. The number of aliphatic hydroxyl groups is 1. The van der Waals surface area contributed by atoms with Gasteiger partial charge in [-0.2, -0.15) is 4.37 Å². The van der Waals surface area contributed by atoms with Gasteiger partial charge in [-0.25, -0.2) is 13.4 Å². The molecule has 0 unspecified atom stereocenters. The monoisotopic (exact) mass is 271 g/mol. The van der Waals surface area contributed by atoms with Gasteiger partial charge in [-0.1, -0.05) is 18.2 Å². The summed E-state index contributed by atoms with van der Waals surface area (Å²) in [5, 5.41) is 9.28. The molecule has 17 heavy (non-hydrogen) atoms. The Morgan fingerprint density at radius 1 is 1.35 bits per heavy atom. The van der Waals surface area contributed by atoms with Gasteiger partial charge in [0.2, 0.25) is 5.13 Å². The third-order valence-electron chi connectivity index (χ3n) is 2.02.